The van der Waals surface area contributed by atoms with Crippen LogP contribution in [0.15, 0.2) is 36.8 Å². The Kier molecular flexibility index (Phi) is 9.16. The van der Waals surface area contributed by atoms with E-state index in [4.69, 9.17) is 15.2 Å². The summed E-state index contributed by atoms with van der Waals surface area (Å²) in [6.45, 7) is 3.82. The molecule has 0 bridgehead atoms. The number of nitrogens with zero attached hydrogens (tertiary/aromatic N) is 2. The van der Waals surface area contributed by atoms with Gasteiger partial charge in [0.2, 0.25) is 0 Å². The van der Waals surface area contributed by atoms with E-state index in [0.717, 1.165) is 41.4 Å². The molecule has 4 N–H and O–H groups in total. The van der Waals surface area contributed by atoms with Crippen molar-refractivity contribution in [3.63, 3.8) is 0 Å². The number of hydrogen-bond donors (Lipinski definition) is 3. The highest BCUT2D eigenvalue weighted by molar-refractivity contribution is 5.97. The van der Waals surface area contributed by atoms with Crippen LogP contribution in [-0.2, 0) is 31.9 Å². The van der Waals surface area contributed by atoms with Gasteiger partial charge in [-0.2, -0.15) is 0 Å². The molecular formula is C25H31N5O5. The zero-order valence-electron chi connectivity index (χ0n) is 20.0. The number of H-pyrrole nitrogens is 1. The molecule has 0 aliphatic rings. The quantitative estimate of drug-likeness (QED) is 0.334. The lowest BCUT2D eigenvalue weighted by atomic mass is 10.0. The lowest BCUT2D eigenvalue weighted by molar-refractivity contribution is -0.146. The molecule has 1 amide bonds. The predicted molar refractivity (Wildman–Crippen MR) is 131 cm³/mol. The lowest BCUT2D eigenvalue weighted by Crippen LogP contribution is -2.42. The predicted octanol–water partition coefficient (Wildman–Crippen LogP) is 2.72. The van der Waals surface area contributed by atoms with Crippen LogP contribution >= 0.6 is 0 Å². The van der Waals surface area contributed by atoms with E-state index in [-0.39, 0.29) is 26.1 Å². The summed E-state index contributed by atoms with van der Waals surface area (Å²) in [6, 6.07) is 6.28. The third-order valence-corrected chi connectivity index (χ3v) is 5.53. The number of hydrogen-bond acceptors (Lipinski definition) is 8. The van der Waals surface area contributed by atoms with Crippen molar-refractivity contribution >= 4 is 34.7 Å². The number of ether oxygens (including phenoxy) is 2. The number of nitrogens with two attached hydrogens (primary N) is 1. The molecule has 3 rings (SSSR count). The minimum absolute atomic E-state index is 0.00470. The molecule has 2 heterocycles. The van der Waals surface area contributed by atoms with Gasteiger partial charge in [-0.1, -0.05) is 12.1 Å². The van der Waals surface area contributed by atoms with Gasteiger partial charge in [-0.3, -0.25) is 9.59 Å². The molecule has 0 fully saturated rings. The third kappa shape index (κ3) is 7.02. The average molecular weight is 482 g/mol. The van der Waals surface area contributed by atoms with Crippen molar-refractivity contribution < 1.29 is 23.9 Å². The Morgan fingerprint density at radius 1 is 1.06 bits per heavy atom. The van der Waals surface area contributed by atoms with E-state index in [1.54, 1.807) is 26.0 Å². The Bertz CT molecular complexity index is 1160. The van der Waals surface area contributed by atoms with Crippen LogP contribution in [0.5, 0.6) is 0 Å². The monoisotopic (exact) mass is 481 g/mol. The molecule has 0 radical (unpaired) electrons. The van der Waals surface area contributed by atoms with Crippen molar-refractivity contribution in [1.82, 2.24) is 20.3 Å². The molecule has 0 spiro atoms. The summed E-state index contributed by atoms with van der Waals surface area (Å²) >= 11 is 0. The Balaban J connectivity index is 1.55. The molecule has 10 nitrogen and oxygen atoms in total. The van der Waals surface area contributed by atoms with E-state index in [2.05, 4.69) is 20.3 Å². The van der Waals surface area contributed by atoms with E-state index >= 15 is 0 Å². The maximum absolute atomic E-state index is 12.7. The number of amides is 1. The minimum atomic E-state index is -0.931. The fourth-order valence-corrected chi connectivity index (χ4v) is 3.78. The number of anilines is 1. The van der Waals surface area contributed by atoms with Gasteiger partial charge in [-0.25, -0.2) is 14.8 Å². The number of esters is 2. The molecule has 1 atom stereocenters. The van der Waals surface area contributed by atoms with E-state index in [9.17, 15) is 14.4 Å². The van der Waals surface area contributed by atoms with Crippen LogP contribution in [0.2, 0.25) is 0 Å². The Morgan fingerprint density at radius 2 is 1.80 bits per heavy atom. The Morgan fingerprint density at radius 3 is 2.51 bits per heavy atom. The van der Waals surface area contributed by atoms with E-state index in [1.165, 1.54) is 6.33 Å². The summed E-state index contributed by atoms with van der Waals surface area (Å²) in [5.74, 6) is -0.953. The molecule has 10 heteroatoms. The number of nitrogens with one attached hydrogen (secondary N) is 2. The molecule has 3 aromatic rings. The van der Waals surface area contributed by atoms with Crippen LogP contribution < -0.4 is 11.1 Å². The summed E-state index contributed by atoms with van der Waals surface area (Å²) in [5, 5.41) is 3.53. The van der Waals surface area contributed by atoms with Gasteiger partial charge in [0, 0.05) is 18.2 Å². The molecule has 1 aromatic carbocycles. The first-order valence-electron chi connectivity index (χ1n) is 11.7. The van der Waals surface area contributed by atoms with Crippen molar-refractivity contribution in [3.8, 4) is 0 Å². The smallest absolute Gasteiger partial charge is 0.328 e. The largest absolute Gasteiger partial charge is 0.466 e. The molecular weight excluding hydrogens is 450 g/mol. The third-order valence-electron chi connectivity index (χ3n) is 5.53. The maximum atomic E-state index is 12.7. The molecule has 0 aliphatic carbocycles. The number of carbonyl (C=O) groups is 3. The van der Waals surface area contributed by atoms with Crippen LogP contribution in [0.4, 0.5) is 5.82 Å². The fourth-order valence-electron chi connectivity index (χ4n) is 3.78. The molecule has 0 aliphatic heterocycles. The molecule has 0 saturated carbocycles. The van der Waals surface area contributed by atoms with Crippen LogP contribution in [0, 0.1) is 0 Å². The van der Waals surface area contributed by atoms with E-state index < -0.39 is 23.9 Å². The number of fused-ring (bicyclic) bond motifs is 1. The van der Waals surface area contributed by atoms with Crippen molar-refractivity contribution in [2.45, 2.75) is 52.0 Å². The average Bonchev–Trinajstić information content (AvgIpc) is 3.26. The number of benzene rings is 1. The van der Waals surface area contributed by atoms with Crippen molar-refractivity contribution in [1.29, 1.82) is 0 Å². The molecule has 0 unspecified atom stereocenters. The van der Waals surface area contributed by atoms with Gasteiger partial charge in [0.15, 0.2) is 0 Å². The Hall–Kier alpha value is -3.95. The first-order valence-corrected chi connectivity index (χ1v) is 11.7. The number of aryl methyl sites for hydroxylation is 2. The highest BCUT2D eigenvalue weighted by Gasteiger charge is 2.24. The van der Waals surface area contributed by atoms with Crippen LogP contribution in [0.25, 0.3) is 11.0 Å². The van der Waals surface area contributed by atoms with E-state index in [0.29, 0.717) is 11.4 Å². The molecule has 0 saturated heterocycles. The van der Waals surface area contributed by atoms with Crippen molar-refractivity contribution in [2.24, 2.45) is 0 Å². The molecule has 186 valence electrons. The normalized spacial score (nSPS) is 11.7. The van der Waals surface area contributed by atoms with Gasteiger partial charge >= 0.3 is 11.9 Å². The second kappa shape index (κ2) is 12.5. The highest BCUT2D eigenvalue weighted by Crippen LogP contribution is 2.22. The second-order valence-corrected chi connectivity index (χ2v) is 7.97. The molecule has 2 aromatic heterocycles. The van der Waals surface area contributed by atoms with Gasteiger partial charge in [-0.05, 0) is 62.8 Å². The summed E-state index contributed by atoms with van der Waals surface area (Å²) in [4.78, 5) is 48.0. The number of aromatic nitrogens is 3. The first kappa shape index (κ1) is 25.7. The van der Waals surface area contributed by atoms with Gasteiger partial charge < -0.3 is 25.5 Å². The number of rotatable bonds is 12. The van der Waals surface area contributed by atoms with E-state index in [1.807, 2.05) is 18.3 Å². The van der Waals surface area contributed by atoms with Crippen LogP contribution in [0.3, 0.4) is 0 Å². The van der Waals surface area contributed by atoms with Gasteiger partial charge in [0.25, 0.3) is 5.91 Å². The summed E-state index contributed by atoms with van der Waals surface area (Å²) in [5.41, 5.74) is 9.28. The van der Waals surface area contributed by atoms with Crippen LogP contribution in [0.1, 0.15) is 54.6 Å². The topological polar surface area (TPSA) is 149 Å². The standard InChI is InChI=1S/C25H31N5O5/c1-3-34-20(31)13-12-19(25(33)35-4-2)30-24(32)17-10-8-16(9-11-17)6-5-7-18-14-27-23-21(18)22(26)28-15-29-23/h8-11,14-15,19H,3-7,12-13H2,1-2H3,(H,30,32)(H3,26,27,28,29)/t19-/m0/s1. The number of carbonyl (C=O) groups excluding carboxylic acids is 3. The van der Waals surface area contributed by atoms with Crippen LogP contribution in [-0.4, -0.2) is 52.1 Å². The summed E-state index contributed by atoms with van der Waals surface area (Å²) in [6.07, 6.45) is 5.95. The lowest BCUT2D eigenvalue weighted by Gasteiger charge is -2.17. The minimum Gasteiger partial charge on any atom is -0.466 e. The second-order valence-electron chi connectivity index (χ2n) is 7.97. The first-order chi connectivity index (χ1) is 16.9. The fraction of sp³-hybridized carbons (Fsp3) is 0.400. The maximum Gasteiger partial charge on any atom is 0.328 e. The molecule has 35 heavy (non-hydrogen) atoms. The summed E-state index contributed by atoms with van der Waals surface area (Å²) < 4.78 is 9.94. The zero-order valence-corrected chi connectivity index (χ0v) is 20.0. The van der Waals surface area contributed by atoms with Crippen molar-refractivity contribution in [3.05, 3.63) is 53.5 Å². The SMILES string of the molecule is CCOC(=O)CC[C@H](NC(=O)c1ccc(CCCc2c[nH]c3ncnc(N)c23)cc1)C(=O)OCC. The van der Waals surface area contributed by atoms with Crippen molar-refractivity contribution in [2.75, 3.05) is 18.9 Å². The number of aromatic amines is 1. The van der Waals surface area contributed by atoms with Gasteiger partial charge in [-0.15, -0.1) is 0 Å². The highest BCUT2D eigenvalue weighted by atomic mass is 16.5. The van der Waals surface area contributed by atoms with Gasteiger partial charge in [0.05, 0.1) is 18.6 Å². The zero-order chi connectivity index (χ0) is 25.2. The summed E-state index contributed by atoms with van der Waals surface area (Å²) in [7, 11) is 0. The number of nitrogen functional groups attached to an aromatic ring is 1. The Labute approximate surface area is 203 Å². The van der Waals surface area contributed by atoms with Gasteiger partial charge in [0.1, 0.15) is 23.8 Å².